The summed E-state index contributed by atoms with van der Waals surface area (Å²) < 4.78 is 44.8. The third-order valence-corrected chi connectivity index (χ3v) is 5.31. The number of alkyl halides is 3. The Bertz CT molecular complexity index is 1130. The van der Waals surface area contributed by atoms with Crippen molar-refractivity contribution < 1.29 is 17.9 Å². The van der Waals surface area contributed by atoms with Gasteiger partial charge in [0.15, 0.2) is 0 Å². The van der Waals surface area contributed by atoms with Crippen molar-refractivity contribution >= 4 is 21.7 Å². The number of pyridine rings is 1. The average molecular weight is 416 g/mol. The first-order valence-electron chi connectivity index (χ1n) is 8.75. The summed E-state index contributed by atoms with van der Waals surface area (Å²) >= 11 is 1.53. The van der Waals surface area contributed by atoms with Gasteiger partial charge in [-0.05, 0) is 42.7 Å². The third kappa shape index (κ3) is 4.34. The molecule has 29 heavy (non-hydrogen) atoms. The smallest absolute Gasteiger partial charge is 0.421 e. The molecule has 0 saturated carbocycles. The normalized spacial score (nSPS) is 11.7. The predicted octanol–water partition coefficient (Wildman–Crippen LogP) is 5.39. The van der Waals surface area contributed by atoms with Crippen molar-refractivity contribution in [3.63, 3.8) is 0 Å². The molecule has 0 saturated heterocycles. The summed E-state index contributed by atoms with van der Waals surface area (Å²) in [6.45, 7) is 1.79. The summed E-state index contributed by atoms with van der Waals surface area (Å²) in [5.74, 6) is -0.111. The van der Waals surface area contributed by atoms with Gasteiger partial charge in [-0.1, -0.05) is 23.5 Å². The number of rotatable bonds is 5. The van der Waals surface area contributed by atoms with Crippen molar-refractivity contribution in [3.8, 4) is 11.6 Å². The number of halogens is 3. The monoisotopic (exact) mass is 416 g/mol. The second kappa shape index (κ2) is 7.75. The number of nitrogens with zero attached hydrogens (tertiary/aromatic N) is 4. The zero-order valence-corrected chi connectivity index (χ0v) is 16.1. The van der Waals surface area contributed by atoms with Gasteiger partial charge in [-0.2, -0.15) is 13.2 Å². The Labute approximate surface area is 168 Å². The van der Waals surface area contributed by atoms with E-state index in [0.29, 0.717) is 5.75 Å². The van der Waals surface area contributed by atoms with E-state index in [-0.39, 0.29) is 0 Å². The fourth-order valence-electron chi connectivity index (χ4n) is 2.87. The Kier molecular flexibility index (Phi) is 5.14. The molecular formula is C20H15F3N4OS. The second-order valence-electron chi connectivity index (χ2n) is 6.38. The van der Waals surface area contributed by atoms with Crippen LogP contribution in [0.4, 0.5) is 13.2 Å². The second-order valence-corrected chi connectivity index (χ2v) is 7.44. The van der Waals surface area contributed by atoms with Crippen LogP contribution < -0.4 is 4.74 Å². The van der Waals surface area contributed by atoms with Gasteiger partial charge in [0, 0.05) is 12.6 Å². The minimum atomic E-state index is -4.53. The number of aryl methyl sites for hydroxylation is 3. The fourth-order valence-corrected chi connectivity index (χ4v) is 3.74. The molecule has 0 bridgehead atoms. The van der Waals surface area contributed by atoms with Gasteiger partial charge in [0.25, 0.3) is 0 Å². The van der Waals surface area contributed by atoms with Crippen LogP contribution in [0.25, 0.3) is 10.3 Å². The number of benzene rings is 1. The van der Waals surface area contributed by atoms with Gasteiger partial charge < -0.3 is 4.74 Å². The molecule has 0 amide bonds. The van der Waals surface area contributed by atoms with Gasteiger partial charge in [0.1, 0.15) is 28.0 Å². The highest BCUT2D eigenvalue weighted by Crippen LogP contribution is 2.37. The van der Waals surface area contributed by atoms with Gasteiger partial charge >= 0.3 is 6.18 Å². The zero-order chi connectivity index (χ0) is 20.4. The van der Waals surface area contributed by atoms with Crippen molar-refractivity contribution in [3.05, 3.63) is 70.8 Å². The highest BCUT2D eigenvalue weighted by Gasteiger charge is 2.35. The van der Waals surface area contributed by atoms with Crippen LogP contribution in [-0.4, -0.2) is 19.9 Å². The van der Waals surface area contributed by atoms with Gasteiger partial charge in [-0.3, -0.25) is 0 Å². The zero-order valence-electron chi connectivity index (χ0n) is 15.3. The van der Waals surface area contributed by atoms with E-state index in [9.17, 15) is 13.2 Å². The summed E-state index contributed by atoms with van der Waals surface area (Å²) in [6.07, 6.45) is 1.41. The van der Waals surface area contributed by atoms with E-state index >= 15 is 0 Å². The maximum atomic E-state index is 13.1. The molecule has 0 unspecified atom stereocenters. The maximum Gasteiger partial charge on any atom is 0.421 e. The van der Waals surface area contributed by atoms with E-state index in [2.05, 4.69) is 19.9 Å². The van der Waals surface area contributed by atoms with Gasteiger partial charge in [-0.15, -0.1) is 0 Å². The Hall–Kier alpha value is -3.07. The molecule has 148 valence electrons. The molecule has 5 nitrogen and oxygen atoms in total. The van der Waals surface area contributed by atoms with Crippen LogP contribution in [0.15, 0.2) is 49.1 Å². The number of aromatic nitrogens is 4. The molecule has 0 aliphatic heterocycles. The average Bonchev–Trinajstić information content (AvgIpc) is 3.11. The van der Waals surface area contributed by atoms with Crippen LogP contribution in [0.1, 0.15) is 21.7 Å². The van der Waals surface area contributed by atoms with Crippen molar-refractivity contribution in [1.82, 2.24) is 19.9 Å². The van der Waals surface area contributed by atoms with Crippen molar-refractivity contribution in [1.29, 1.82) is 0 Å². The van der Waals surface area contributed by atoms with Gasteiger partial charge in [0.2, 0.25) is 5.88 Å². The van der Waals surface area contributed by atoms with Crippen molar-refractivity contribution in [2.75, 3.05) is 0 Å². The van der Waals surface area contributed by atoms with Crippen molar-refractivity contribution in [2.24, 2.45) is 0 Å². The lowest BCUT2D eigenvalue weighted by Crippen LogP contribution is -2.08. The van der Waals surface area contributed by atoms with E-state index < -0.39 is 17.6 Å². The summed E-state index contributed by atoms with van der Waals surface area (Å²) in [6, 6.07) is 7.60. The highest BCUT2D eigenvalue weighted by molar-refractivity contribution is 7.18. The largest absolute Gasteiger partial charge is 0.438 e. The van der Waals surface area contributed by atoms with E-state index in [0.717, 1.165) is 45.4 Å². The molecule has 0 radical (unpaired) electrons. The Morgan fingerprint density at radius 3 is 2.72 bits per heavy atom. The molecule has 3 heterocycles. The number of ether oxygens (including phenoxy) is 1. The molecule has 9 heteroatoms. The van der Waals surface area contributed by atoms with Crippen LogP contribution in [0.5, 0.6) is 11.6 Å². The van der Waals surface area contributed by atoms with E-state index in [1.54, 1.807) is 19.2 Å². The van der Waals surface area contributed by atoms with Gasteiger partial charge in [-0.25, -0.2) is 19.9 Å². The SMILES string of the molecule is Cc1cc(CCc2nc3cncnc3s2)ccc1Oc1ncccc1C(F)(F)F. The highest BCUT2D eigenvalue weighted by atomic mass is 32.1. The van der Waals surface area contributed by atoms with Crippen LogP contribution in [0.2, 0.25) is 0 Å². The predicted molar refractivity (Wildman–Crippen MR) is 103 cm³/mol. The Morgan fingerprint density at radius 1 is 1.10 bits per heavy atom. The number of fused-ring (bicyclic) bond motifs is 1. The summed E-state index contributed by atoms with van der Waals surface area (Å²) in [5.41, 5.74) is 1.65. The maximum absolute atomic E-state index is 13.1. The Balaban J connectivity index is 1.48. The van der Waals surface area contributed by atoms with E-state index in [1.807, 2.05) is 12.1 Å². The molecule has 4 aromatic rings. The lowest BCUT2D eigenvalue weighted by Gasteiger charge is -2.14. The van der Waals surface area contributed by atoms with Crippen LogP contribution in [0.3, 0.4) is 0 Å². The van der Waals surface area contributed by atoms with Gasteiger partial charge in [0.05, 0.1) is 11.2 Å². The lowest BCUT2D eigenvalue weighted by molar-refractivity contribution is -0.138. The van der Waals surface area contributed by atoms with E-state index in [4.69, 9.17) is 4.74 Å². The van der Waals surface area contributed by atoms with Crippen LogP contribution in [-0.2, 0) is 19.0 Å². The van der Waals surface area contributed by atoms with Crippen LogP contribution >= 0.6 is 11.3 Å². The number of thiazole rings is 1. The Morgan fingerprint density at radius 2 is 1.97 bits per heavy atom. The lowest BCUT2D eigenvalue weighted by atomic mass is 10.1. The molecule has 4 rings (SSSR count). The topological polar surface area (TPSA) is 60.8 Å². The quantitative estimate of drug-likeness (QED) is 0.437. The molecular weight excluding hydrogens is 401 g/mol. The van der Waals surface area contributed by atoms with E-state index in [1.165, 1.54) is 29.9 Å². The first kappa shape index (κ1) is 19.3. The molecule has 0 N–H and O–H groups in total. The first-order valence-corrected chi connectivity index (χ1v) is 9.57. The minimum Gasteiger partial charge on any atom is -0.438 e. The molecule has 3 aromatic heterocycles. The fraction of sp³-hybridized carbons (Fsp3) is 0.200. The van der Waals surface area contributed by atoms with Crippen LogP contribution in [0, 0.1) is 6.92 Å². The summed E-state index contributed by atoms with van der Waals surface area (Å²) in [7, 11) is 0. The third-order valence-electron chi connectivity index (χ3n) is 4.27. The molecule has 0 spiro atoms. The molecule has 0 aliphatic carbocycles. The first-order chi connectivity index (χ1) is 13.9. The molecule has 0 fully saturated rings. The molecule has 1 aromatic carbocycles. The molecule has 0 atom stereocenters. The summed E-state index contributed by atoms with van der Waals surface area (Å²) in [4.78, 5) is 17.3. The molecule has 0 aliphatic rings. The minimum absolute atomic E-state index is 0.341. The van der Waals surface area contributed by atoms with Crippen molar-refractivity contribution in [2.45, 2.75) is 25.9 Å². The standard InChI is InChI=1S/C20H15F3N4OS/c1-12-9-13(5-7-17-27-15-10-24-11-26-19(15)29-17)4-6-16(12)28-18-14(20(21,22)23)3-2-8-25-18/h2-4,6,8-11H,5,7H2,1H3. The number of hydrogen-bond donors (Lipinski definition) is 0. The number of hydrogen-bond acceptors (Lipinski definition) is 6. The summed E-state index contributed by atoms with van der Waals surface area (Å²) in [5, 5.41) is 0.960.